The molecule has 5 aliphatic rings. The number of aromatic nitrogens is 1. The fourth-order valence-corrected chi connectivity index (χ4v) is 8.39. The predicted octanol–water partition coefficient (Wildman–Crippen LogP) is 6.87. The van der Waals surface area contributed by atoms with Gasteiger partial charge in [0.25, 0.3) is 0 Å². The van der Waals surface area contributed by atoms with E-state index >= 15 is 0 Å². The summed E-state index contributed by atoms with van der Waals surface area (Å²) in [4.78, 5) is 29.1. The van der Waals surface area contributed by atoms with Gasteiger partial charge in [0.15, 0.2) is 0 Å². The Morgan fingerprint density at radius 2 is 1.76 bits per heavy atom. The van der Waals surface area contributed by atoms with E-state index in [0.717, 1.165) is 18.4 Å². The molecule has 6 nitrogen and oxygen atoms in total. The second-order valence-electron chi connectivity index (χ2n) is 13.2. The number of esters is 1. The molecule has 2 saturated carbocycles. The number of ether oxygens (including phenoxy) is 2. The second-order valence-corrected chi connectivity index (χ2v) is 13.2. The average molecular weight is 557 g/mol. The summed E-state index contributed by atoms with van der Waals surface area (Å²) in [6, 6.07) is 6.14. The lowest BCUT2D eigenvalue weighted by Crippen LogP contribution is -2.46. The van der Waals surface area contributed by atoms with Crippen LogP contribution in [0.3, 0.4) is 0 Å². The van der Waals surface area contributed by atoms with Crippen molar-refractivity contribution >= 4 is 28.4 Å². The van der Waals surface area contributed by atoms with Crippen molar-refractivity contribution in [1.82, 2.24) is 9.47 Å². The lowest BCUT2D eigenvalue weighted by Gasteiger charge is -2.31. The highest BCUT2D eigenvalue weighted by molar-refractivity contribution is 6.01. The summed E-state index contributed by atoms with van der Waals surface area (Å²) < 4.78 is 13.2. The quantitative estimate of drug-likeness (QED) is 0.387. The minimum atomic E-state index is -0.437. The van der Waals surface area contributed by atoms with Gasteiger partial charge in [-0.2, -0.15) is 0 Å². The maximum Gasteiger partial charge on any atom is 0.337 e. The highest BCUT2D eigenvalue weighted by Crippen LogP contribution is 2.65. The zero-order valence-electron chi connectivity index (χ0n) is 24.8. The van der Waals surface area contributed by atoms with E-state index in [0.29, 0.717) is 50.2 Å². The van der Waals surface area contributed by atoms with E-state index in [-0.39, 0.29) is 17.8 Å². The van der Waals surface area contributed by atoms with E-state index in [2.05, 4.69) is 34.6 Å². The van der Waals surface area contributed by atoms with E-state index in [1.165, 1.54) is 86.3 Å². The van der Waals surface area contributed by atoms with Gasteiger partial charge in [0.1, 0.15) is 0 Å². The standard InChI is InChI=1S/C35H44N2O4/c1-23-11-13-26-28(19-23)29-21-35(29,34(39)36-15-17-41-18-16-36)22-37-30-20-25(33(38)40-2)12-14-27(30)31(32(26)37)24-9-7-5-3-4-6-8-10-24/h12-14,19-20,23-24,29H,3-11,15-18,21-22H2,1-2H3. The van der Waals surface area contributed by atoms with E-state index in [1.807, 2.05) is 12.1 Å². The van der Waals surface area contributed by atoms with E-state index in [1.54, 1.807) is 0 Å². The summed E-state index contributed by atoms with van der Waals surface area (Å²) in [5.74, 6) is 1.18. The molecule has 3 atom stereocenters. The second kappa shape index (κ2) is 10.8. The number of fused-ring (bicyclic) bond motifs is 7. The van der Waals surface area contributed by atoms with Crippen LogP contribution in [0.2, 0.25) is 0 Å². The molecule has 1 saturated heterocycles. The van der Waals surface area contributed by atoms with Gasteiger partial charge >= 0.3 is 5.97 Å². The molecule has 2 aliphatic heterocycles. The van der Waals surface area contributed by atoms with E-state index < -0.39 is 5.41 Å². The number of rotatable bonds is 3. The Labute approximate surface area is 243 Å². The Bertz CT molecular complexity index is 1420. The summed E-state index contributed by atoms with van der Waals surface area (Å²) in [5.41, 5.74) is 6.75. The zero-order chi connectivity index (χ0) is 28.1. The minimum Gasteiger partial charge on any atom is -0.465 e. The van der Waals surface area contributed by atoms with Crippen molar-refractivity contribution < 1.29 is 19.1 Å². The SMILES string of the molecule is COC(=O)c1ccc2c(C3CCCCCCCC3)c3n(c2c1)CC1(C(=O)N2CCOCC2)CC1C1=CC(C)CC=C13. The van der Waals surface area contributed by atoms with E-state index in [4.69, 9.17) is 9.47 Å². The molecule has 3 fully saturated rings. The molecule has 1 aromatic heterocycles. The van der Waals surface area contributed by atoms with Gasteiger partial charge in [-0.25, -0.2) is 4.79 Å². The molecule has 7 rings (SSSR count). The molecule has 6 heteroatoms. The van der Waals surface area contributed by atoms with Crippen LogP contribution in [0.1, 0.15) is 98.7 Å². The van der Waals surface area contributed by atoms with Crippen LogP contribution in [0, 0.1) is 17.3 Å². The van der Waals surface area contributed by atoms with E-state index in [9.17, 15) is 9.59 Å². The predicted molar refractivity (Wildman–Crippen MR) is 161 cm³/mol. The van der Waals surface area contributed by atoms with Gasteiger partial charge in [0.2, 0.25) is 5.91 Å². The van der Waals surface area contributed by atoms with Crippen molar-refractivity contribution in [2.75, 3.05) is 33.4 Å². The molecule has 3 aliphatic carbocycles. The first kappa shape index (κ1) is 27.0. The number of carbonyl (C=O) groups excluding carboxylic acids is 2. The summed E-state index contributed by atoms with van der Waals surface area (Å²) in [5, 5.41) is 1.25. The highest BCUT2D eigenvalue weighted by Gasteiger charge is 2.64. The third kappa shape index (κ3) is 4.57. The van der Waals surface area contributed by atoms with Crippen LogP contribution in [-0.4, -0.2) is 54.8 Å². The number of nitrogens with zero attached hydrogens (tertiary/aromatic N) is 2. The maximum atomic E-state index is 14.4. The molecule has 3 heterocycles. The van der Waals surface area contributed by atoms with Gasteiger partial charge in [-0.3, -0.25) is 4.79 Å². The number of hydrogen-bond donors (Lipinski definition) is 0. The first-order valence-electron chi connectivity index (χ1n) is 16.1. The van der Waals surface area contributed by atoms with Crippen molar-refractivity contribution in [3.8, 4) is 0 Å². The lowest BCUT2D eigenvalue weighted by molar-refractivity contribution is -0.142. The third-order valence-electron chi connectivity index (χ3n) is 10.6. The van der Waals surface area contributed by atoms with Crippen LogP contribution in [0.25, 0.3) is 16.5 Å². The molecule has 0 spiro atoms. The number of methoxy groups -OCH3 is 1. The normalized spacial score (nSPS) is 28.6. The molecule has 1 aromatic carbocycles. The van der Waals surface area contributed by atoms with Crippen LogP contribution in [0.5, 0.6) is 0 Å². The monoisotopic (exact) mass is 556 g/mol. The van der Waals surface area contributed by atoms with Crippen molar-refractivity contribution in [2.45, 2.75) is 83.6 Å². The Hall–Kier alpha value is -2.86. The Balaban J connectivity index is 1.44. The van der Waals surface area contributed by atoms with Gasteiger partial charge < -0.3 is 18.9 Å². The zero-order valence-corrected chi connectivity index (χ0v) is 24.8. The molecule has 218 valence electrons. The summed E-state index contributed by atoms with van der Waals surface area (Å²) in [6.45, 7) is 5.54. The third-order valence-corrected chi connectivity index (χ3v) is 10.6. The van der Waals surface area contributed by atoms with Crippen molar-refractivity contribution in [2.24, 2.45) is 17.3 Å². The molecule has 1 amide bonds. The first-order chi connectivity index (χ1) is 20.0. The summed E-state index contributed by atoms with van der Waals surface area (Å²) >= 11 is 0. The fraction of sp³-hybridized carbons (Fsp3) is 0.600. The summed E-state index contributed by atoms with van der Waals surface area (Å²) in [6.07, 6.45) is 17.1. The summed E-state index contributed by atoms with van der Waals surface area (Å²) in [7, 11) is 1.45. The molecule has 0 bridgehead atoms. The van der Waals surface area contributed by atoms with Gasteiger partial charge in [-0.15, -0.1) is 0 Å². The van der Waals surface area contributed by atoms with Crippen LogP contribution < -0.4 is 0 Å². The van der Waals surface area contributed by atoms with Gasteiger partial charge in [-0.1, -0.05) is 63.7 Å². The highest BCUT2D eigenvalue weighted by atomic mass is 16.5. The number of carbonyl (C=O) groups is 2. The first-order valence-corrected chi connectivity index (χ1v) is 16.1. The van der Waals surface area contributed by atoms with Crippen LogP contribution in [0.15, 0.2) is 35.9 Å². The molecular weight excluding hydrogens is 512 g/mol. The van der Waals surface area contributed by atoms with Crippen LogP contribution >= 0.6 is 0 Å². The number of allylic oxidation sites excluding steroid dienone is 4. The fourth-order valence-electron chi connectivity index (χ4n) is 8.39. The van der Waals surface area contributed by atoms with Crippen LogP contribution in [0.4, 0.5) is 0 Å². The maximum absolute atomic E-state index is 14.4. The number of benzene rings is 1. The van der Waals surface area contributed by atoms with Gasteiger partial charge in [0, 0.05) is 36.5 Å². The van der Waals surface area contributed by atoms with Crippen molar-refractivity contribution in [3.05, 3.63) is 52.7 Å². The topological polar surface area (TPSA) is 60.8 Å². The molecule has 41 heavy (non-hydrogen) atoms. The molecule has 2 aromatic rings. The van der Waals surface area contributed by atoms with Crippen molar-refractivity contribution in [1.29, 1.82) is 0 Å². The Kier molecular flexibility index (Phi) is 7.09. The molecule has 0 radical (unpaired) electrons. The smallest absolute Gasteiger partial charge is 0.337 e. The molecular formula is C35H44N2O4. The lowest BCUT2D eigenvalue weighted by atomic mass is 9.81. The molecule has 0 N–H and O–H groups in total. The average Bonchev–Trinajstić information content (AvgIpc) is 3.63. The van der Waals surface area contributed by atoms with Gasteiger partial charge in [-0.05, 0) is 66.4 Å². The van der Waals surface area contributed by atoms with Crippen LogP contribution in [-0.2, 0) is 20.8 Å². The number of hydrogen-bond acceptors (Lipinski definition) is 4. The van der Waals surface area contributed by atoms with Crippen molar-refractivity contribution in [3.63, 3.8) is 0 Å². The largest absolute Gasteiger partial charge is 0.465 e. The minimum absolute atomic E-state index is 0.249. The number of amides is 1. The number of morpholine rings is 1. The Morgan fingerprint density at radius 3 is 2.49 bits per heavy atom. The molecule has 3 unspecified atom stereocenters. The van der Waals surface area contributed by atoms with Gasteiger partial charge in [0.05, 0.1) is 37.0 Å². The Morgan fingerprint density at radius 1 is 1.02 bits per heavy atom.